The van der Waals surface area contributed by atoms with Gasteiger partial charge in [-0.25, -0.2) is 5.43 Å². The lowest BCUT2D eigenvalue weighted by Crippen LogP contribution is -2.40. The van der Waals surface area contributed by atoms with Crippen molar-refractivity contribution in [2.45, 2.75) is 6.92 Å². The third kappa shape index (κ3) is 3.10. The Morgan fingerprint density at radius 2 is 1.86 bits per heavy atom. The molecule has 21 heavy (non-hydrogen) atoms. The predicted octanol–water partition coefficient (Wildman–Crippen LogP) is 1.41. The van der Waals surface area contributed by atoms with Gasteiger partial charge in [-0.2, -0.15) is 5.10 Å². The molecule has 6 nitrogen and oxygen atoms in total. The van der Waals surface area contributed by atoms with E-state index in [1.165, 1.54) is 0 Å². The summed E-state index contributed by atoms with van der Waals surface area (Å²) in [6, 6.07) is 5.45. The highest BCUT2D eigenvalue weighted by Gasteiger charge is 2.28. The fourth-order valence-electron chi connectivity index (χ4n) is 1.92. The monoisotopic (exact) mass is 288 g/mol. The van der Waals surface area contributed by atoms with E-state index in [4.69, 9.17) is 9.47 Å². The molecule has 0 saturated heterocycles. The molecule has 1 unspecified atom stereocenters. The number of hydrazone groups is 1. The molecule has 0 spiro atoms. The van der Waals surface area contributed by atoms with Gasteiger partial charge in [0.05, 0.1) is 25.8 Å². The van der Waals surface area contributed by atoms with E-state index in [2.05, 4.69) is 10.5 Å². The first-order valence-corrected chi connectivity index (χ1v) is 6.38. The number of amides is 1. The third-order valence-corrected chi connectivity index (χ3v) is 3.20. The van der Waals surface area contributed by atoms with Crippen molar-refractivity contribution in [1.82, 2.24) is 5.43 Å². The SMILES string of the molecule is COc1ccc(C=CC2=NNC(=O)C(=O)C2C)cc1OC. The molecule has 1 aromatic carbocycles. The van der Waals surface area contributed by atoms with Crippen LogP contribution in [0, 0.1) is 5.92 Å². The number of allylic oxidation sites excluding steroid dienone is 1. The van der Waals surface area contributed by atoms with Gasteiger partial charge >= 0.3 is 5.91 Å². The zero-order chi connectivity index (χ0) is 15.4. The highest BCUT2D eigenvalue weighted by Crippen LogP contribution is 2.28. The highest BCUT2D eigenvalue weighted by atomic mass is 16.5. The molecule has 1 aromatic rings. The molecule has 0 aliphatic carbocycles. The minimum Gasteiger partial charge on any atom is -0.493 e. The number of carbonyl (C=O) groups is 2. The van der Waals surface area contributed by atoms with E-state index in [1.807, 2.05) is 12.1 Å². The Bertz CT molecular complexity index is 635. The van der Waals surface area contributed by atoms with Gasteiger partial charge in [0, 0.05) is 0 Å². The minimum absolute atomic E-state index is 0.489. The summed E-state index contributed by atoms with van der Waals surface area (Å²) in [4.78, 5) is 22.7. The number of benzene rings is 1. The number of methoxy groups -OCH3 is 2. The van der Waals surface area contributed by atoms with E-state index in [-0.39, 0.29) is 0 Å². The van der Waals surface area contributed by atoms with Crippen LogP contribution in [-0.2, 0) is 9.59 Å². The zero-order valence-electron chi connectivity index (χ0n) is 12.0. The molecule has 1 aliphatic rings. The van der Waals surface area contributed by atoms with Crippen LogP contribution in [0.5, 0.6) is 11.5 Å². The molecule has 1 amide bonds. The van der Waals surface area contributed by atoms with Gasteiger partial charge in [-0.15, -0.1) is 0 Å². The Morgan fingerprint density at radius 3 is 2.52 bits per heavy atom. The second-order valence-electron chi connectivity index (χ2n) is 4.51. The topological polar surface area (TPSA) is 77.0 Å². The summed E-state index contributed by atoms with van der Waals surface area (Å²) in [5, 5.41) is 3.89. The maximum absolute atomic E-state index is 11.6. The number of carbonyl (C=O) groups excluding carboxylic acids is 2. The van der Waals surface area contributed by atoms with Gasteiger partial charge in [0.2, 0.25) is 5.78 Å². The van der Waals surface area contributed by atoms with Crippen LogP contribution in [0.2, 0.25) is 0 Å². The van der Waals surface area contributed by atoms with Crippen molar-refractivity contribution in [3.8, 4) is 11.5 Å². The number of ketones is 1. The van der Waals surface area contributed by atoms with Crippen LogP contribution in [0.1, 0.15) is 12.5 Å². The Morgan fingerprint density at radius 1 is 1.14 bits per heavy atom. The number of hydrogen-bond donors (Lipinski definition) is 1. The average Bonchev–Trinajstić information content (AvgIpc) is 2.51. The molecule has 1 aliphatic heterocycles. The molecule has 1 heterocycles. The Hall–Kier alpha value is -2.63. The molecule has 0 fully saturated rings. The Kier molecular flexibility index (Phi) is 4.37. The van der Waals surface area contributed by atoms with E-state index in [9.17, 15) is 9.59 Å². The number of Topliss-reactive ketones (excluding diaryl/α,β-unsaturated/α-hetero) is 1. The number of nitrogens with zero attached hydrogens (tertiary/aromatic N) is 1. The first-order chi connectivity index (χ1) is 10.1. The Balaban J connectivity index is 2.22. The van der Waals surface area contributed by atoms with E-state index in [0.717, 1.165) is 5.56 Å². The summed E-state index contributed by atoms with van der Waals surface area (Å²) in [6.45, 7) is 1.65. The van der Waals surface area contributed by atoms with Crippen molar-refractivity contribution in [3.05, 3.63) is 29.8 Å². The van der Waals surface area contributed by atoms with Gasteiger partial charge in [-0.1, -0.05) is 12.1 Å². The molecule has 0 radical (unpaired) electrons. The van der Waals surface area contributed by atoms with Crippen molar-refractivity contribution in [1.29, 1.82) is 0 Å². The molecule has 1 N–H and O–H groups in total. The number of hydrogen-bond acceptors (Lipinski definition) is 5. The van der Waals surface area contributed by atoms with Crippen LogP contribution in [0.3, 0.4) is 0 Å². The van der Waals surface area contributed by atoms with Crippen molar-refractivity contribution < 1.29 is 19.1 Å². The molecule has 0 aromatic heterocycles. The van der Waals surface area contributed by atoms with Crippen LogP contribution in [-0.4, -0.2) is 31.6 Å². The van der Waals surface area contributed by atoms with E-state index >= 15 is 0 Å². The van der Waals surface area contributed by atoms with Gasteiger partial charge < -0.3 is 9.47 Å². The predicted molar refractivity (Wildman–Crippen MR) is 78.3 cm³/mol. The molecule has 6 heteroatoms. The lowest BCUT2D eigenvalue weighted by molar-refractivity contribution is -0.139. The third-order valence-electron chi connectivity index (χ3n) is 3.20. The standard InChI is InChI=1S/C15H16N2O4/c1-9-11(16-17-15(19)14(9)18)6-4-10-5-7-12(20-2)13(8-10)21-3/h4-9H,1-3H3,(H,17,19). The summed E-state index contributed by atoms with van der Waals surface area (Å²) < 4.78 is 10.4. The van der Waals surface area contributed by atoms with Gasteiger partial charge in [-0.3, -0.25) is 9.59 Å². The fourth-order valence-corrected chi connectivity index (χ4v) is 1.92. The first kappa shape index (κ1) is 14.8. The highest BCUT2D eigenvalue weighted by molar-refractivity contribution is 6.43. The summed E-state index contributed by atoms with van der Waals surface area (Å²) in [5.74, 6) is -0.457. The maximum Gasteiger partial charge on any atom is 0.308 e. The second-order valence-corrected chi connectivity index (χ2v) is 4.51. The second kappa shape index (κ2) is 6.21. The van der Waals surface area contributed by atoms with Crippen LogP contribution in [0.25, 0.3) is 6.08 Å². The zero-order valence-corrected chi connectivity index (χ0v) is 12.0. The maximum atomic E-state index is 11.6. The van der Waals surface area contributed by atoms with Gasteiger partial charge in [-0.05, 0) is 30.7 Å². The van der Waals surface area contributed by atoms with E-state index in [1.54, 1.807) is 39.4 Å². The number of rotatable bonds is 4. The van der Waals surface area contributed by atoms with Gasteiger partial charge in [0.1, 0.15) is 0 Å². The quantitative estimate of drug-likeness (QED) is 0.850. The number of ether oxygens (including phenoxy) is 2. The first-order valence-electron chi connectivity index (χ1n) is 6.38. The lowest BCUT2D eigenvalue weighted by atomic mass is 9.98. The summed E-state index contributed by atoms with van der Waals surface area (Å²) in [5.41, 5.74) is 3.57. The van der Waals surface area contributed by atoms with Crippen molar-refractivity contribution in [3.63, 3.8) is 0 Å². The summed E-state index contributed by atoms with van der Waals surface area (Å²) in [7, 11) is 3.13. The normalized spacial score (nSPS) is 18.4. The average molecular weight is 288 g/mol. The lowest BCUT2D eigenvalue weighted by Gasteiger charge is -2.14. The van der Waals surface area contributed by atoms with Crippen molar-refractivity contribution in [2.75, 3.05) is 14.2 Å². The molecule has 110 valence electrons. The molecule has 0 bridgehead atoms. The van der Waals surface area contributed by atoms with Gasteiger partial charge in [0.15, 0.2) is 11.5 Å². The van der Waals surface area contributed by atoms with Crippen LogP contribution >= 0.6 is 0 Å². The van der Waals surface area contributed by atoms with E-state index in [0.29, 0.717) is 17.2 Å². The van der Waals surface area contributed by atoms with Crippen molar-refractivity contribution in [2.24, 2.45) is 11.0 Å². The van der Waals surface area contributed by atoms with Crippen LogP contribution in [0.4, 0.5) is 0 Å². The molecule has 0 saturated carbocycles. The van der Waals surface area contributed by atoms with E-state index < -0.39 is 17.6 Å². The summed E-state index contributed by atoms with van der Waals surface area (Å²) in [6.07, 6.45) is 3.49. The molecular weight excluding hydrogens is 272 g/mol. The smallest absolute Gasteiger partial charge is 0.308 e. The Labute approximate surface area is 122 Å². The molecule has 1 atom stereocenters. The fraction of sp³-hybridized carbons (Fsp3) is 0.267. The minimum atomic E-state index is -0.675. The molecule has 2 rings (SSSR count). The molecular formula is C15H16N2O4. The summed E-state index contributed by atoms with van der Waals surface area (Å²) >= 11 is 0. The van der Waals surface area contributed by atoms with Crippen LogP contribution in [0.15, 0.2) is 29.4 Å². The van der Waals surface area contributed by atoms with Gasteiger partial charge in [0.25, 0.3) is 0 Å². The largest absolute Gasteiger partial charge is 0.493 e. The van der Waals surface area contributed by atoms with Crippen molar-refractivity contribution >= 4 is 23.5 Å². The number of nitrogens with one attached hydrogen (secondary N) is 1. The van der Waals surface area contributed by atoms with Crippen LogP contribution < -0.4 is 14.9 Å².